The Bertz CT molecular complexity index is 1270. The molecular weight excluding hydrogens is 435 g/mol. The number of halogens is 1. The summed E-state index contributed by atoms with van der Waals surface area (Å²) in [5.41, 5.74) is 1.48. The van der Waals surface area contributed by atoms with Crippen molar-refractivity contribution < 1.29 is 22.7 Å². The zero-order chi connectivity index (χ0) is 23.3. The van der Waals surface area contributed by atoms with Gasteiger partial charge in [0.05, 0.1) is 29.9 Å². The predicted molar refractivity (Wildman–Crippen MR) is 119 cm³/mol. The number of aliphatic hydroxyl groups is 1. The fourth-order valence-corrected chi connectivity index (χ4v) is 5.22. The largest absolute Gasteiger partial charge is 0.495 e. The molecule has 4 rings (SSSR count). The number of rotatable bonds is 5. The van der Waals surface area contributed by atoms with E-state index in [2.05, 4.69) is 15.3 Å². The molecule has 0 saturated heterocycles. The fourth-order valence-electron chi connectivity index (χ4n) is 3.91. The molecule has 3 heterocycles. The van der Waals surface area contributed by atoms with E-state index in [9.17, 15) is 17.9 Å². The van der Waals surface area contributed by atoms with Crippen LogP contribution in [-0.2, 0) is 9.84 Å². The molecule has 32 heavy (non-hydrogen) atoms. The molecule has 0 unspecified atom stereocenters. The summed E-state index contributed by atoms with van der Waals surface area (Å²) in [7, 11) is -2.31. The van der Waals surface area contributed by atoms with Crippen molar-refractivity contribution in [2.24, 2.45) is 0 Å². The van der Waals surface area contributed by atoms with Crippen LogP contribution in [0.5, 0.6) is 5.75 Å². The maximum atomic E-state index is 14.4. The maximum Gasteiger partial charge on any atom is 0.215 e. The summed E-state index contributed by atoms with van der Waals surface area (Å²) in [4.78, 5) is 8.31. The van der Waals surface area contributed by atoms with Gasteiger partial charge in [-0.05, 0) is 46.1 Å². The number of aromatic nitrogens is 3. The van der Waals surface area contributed by atoms with Crippen LogP contribution in [0.1, 0.15) is 40.0 Å². The van der Waals surface area contributed by atoms with Crippen molar-refractivity contribution in [2.75, 3.05) is 12.4 Å². The van der Waals surface area contributed by atoms with Crippen molar-refractivity contribution in [3.8, 4) is 17.0 Å². The van der Waals surface area contributed by atoms with Crippen molar-refractivity contribution >= 4 is 21.3 Å². The molecule has 2 atom stereocenters. The zero-order valence-corrected chi connectivity index (χ0v) is 19.3. The minimum absolute atomic E-state index is 0.0159. The molecule has 0 spiro atoms. The quantitative estimate of drug-likeness (QED) is 0.560. The third-order valence-electron chi connectivity index (χ3n) is 5.74. The molecule has 0 amide bonds. The summed E-state index contributed by atoms with van der Waals surface area (Å²) in [5.74, 6) is -0.118. The van der Waals surface area contributed by atoms with Gasteiger partial charge in [-0.25, -0.2) is 18.4 Å². The summed E-state index contributed by atoms with van der Waals surface area (Å²) in [6, 6.07) is 4.54. The summed E-state index contributed by atoms with van der Waals surface area (Å²) < 4.78 is 46.6. The lowest BCUT2D eigenvalue weighted by Gasteiger charge is -2.21. The first kappa shape index (κ1) is 22.5. The highest BCUT2D eigenvalue weighted by atomic mass is 32.2. The van der Waals surface area contributed by atoms with Crippen LogP contribution in [0.4, 0.5) is 10.2 Å². The van der Waals surface area contributed by atoms with Crippen LogP contribution >= 0.6 is 0 Å². The van der Waals surface area contributed by atoms with Gasteiger partial charge >= 0.3 is 0 Å². The number of hydrogen-bond acceptors (Lipinski definition) is 7. The molecule has 0 aliphatic heterocycles. The maximum absolute atomic E-state index is 14.4. The molecular formula is C22H27FN4O4S. The Morgan fingerprint density at radius 3 is 2.62 bits per heavy atom. The number of hydrogen-bond donors (Lipinski definition) is 2. The number of methoxy groups -OCH3 is 1. The van der Waals surface area contributed by atoms with Crippen LogP contribution < -0.4 is 10.1 Å². The van der Waals surface area contributed by atoms with Crippen LogP contribution in [0, 0.1) is 5.95 Å². The average molecular weight is 463 g/mol. The van der Waals surface area contributed by atoms with E-state index in [-0.39, 0.29) is 22.8 Å². The highest BCUT2D eigenvalue weighted by Gasteiger charge is 2.34. The smallest absolute Gasteiger partial charge is 0.215 e. The molecule has 3 aromatic rings. The number of imidazole rings is 1. The van der Waals surface area contributed by atoms with Gasteiger partial charge in [0.1, 0.15) is 22.1 Å². The van der Waals surface area contributed by atoms with Crippen molar-refractivity contribution in [3.05, 3.63) is 36.5 Å². The summed E-state index contributed by atoms with van der Waals surface area (Å²) in [6.45, 7) is 4.87. The normalized spacial score (nSPS) is 19.4. The van der Waals surface area contributed by atoms with Crippen LogP contribution in [-0.4, -0.2) is 51.9 Å². The molecule has 0 bridgehead atoms. The van der Waals surface area contributed by atoms with Gasteiger partial charge in [0.2, 0.25) is 5.95 Å². The molecule has 1 fully saturated rings. The first-order valence-corrected chi connectivity index (χ1v) is 11.9. The topological polar surface area (TPSA) is 106 Å². The van der Waals surface area contributed by atoms with Gasteiger partial charge < -0.3 is 15.2 Å². The number of pyridine rings is 2. The number of aliphatic hydroxyl groups excluding tert-OH is 1. The van der Waals surface area contributed by atoms with Crippen LogP contribution in [0.2, 0.25) is 0 Å². The second kappa shape index (κ2) is 8.00. The van der Waals surface area contributed by atoms with Crippen LogP contribution in [0.15, 0.2) is 35.5 Å². The van der Waals surface area contributed by atoms with E-state index in [1.165, 1.54) is 19.4 Å². The zero-order valence-electron chi connectivity index (χ0n) is 18.5. The van der Waals surface area contributed by atoms with Gasteiger partial charge in [-0.15, -0.1) is 0 Å². The standard InChI is InChI=1S/C22H27FN4O4S/c1-22(2,3)32(29,30)18-12-27-16(11-24-21(27)10-17(18)31-4)13-7-19(23)26-20(8-13)25-14-5-6-15(28)9-14/h7-8,10-12,14-15,28H,5-6,9H2,1-4H3,(H,25,26)/t14-,15+/m0/s1. The third-order valence-corrected chi connectivity index (χ3v) is 8.24. The average Bonchev–Trinajstić information content (AvgIpc) is 3.31. The molecule has 0 aromatic carbocycles. The summed E-state index contributed by atoms with van der Waals surface area (Å²) in [6.07, 6.45) is 4.71. The Morgan fingerprint density at radius 2 is 2.00 bits per heavy atom. The van der Waals surface area contributed by atoms with Gasteiger partial charge in [-0.3, -0.25) is 4.40 Å². The van der Waals surface area contributed by atoms with Crippen molar-refractivity contribution in [1.29, 1.82) is 0 Å². The van der Waals surface area contributed by atoms with E-state index in [4.69, 9.17) is 4.74 Å². The molecule has 8 nitrogen and oxygen atoms in total. The molecule has 172 valence electrons. The predicted octanol–water partition coefficient (Wildman–Crippen LogP) is 3.44. The Kier molecular flexibility index (Phi) is 5.62. The van der Waals surface area contributed by atoms with E-state index < -0.39 is 20.5 Å². The summed E-state index contributed by atoms with van der Waals surface area (Å²) in [5, 5.41) is 12.9. The Balaban J connectivity index is 1.81. The minimum atomic E-state index is -3.72. The lowest BCUT2D eigenvalue weighted by Crippen LogP contribution is -2.28. The first-order chi connectivity index (χ1) is 15.0. The molecule has 1 aliphatic rings. The number of nitrogens with one attached hydrogen (secondary N) is 1. The Hall–Kier alpha value is -2.72. The molecule has 1 saturated carbocycles. The van der Waals surface area contributed by atoms with Gasteiger partial charge in [0.25, 0.3) is 0 Å². The molecule has 0 radical (unpaired) electrons. The molecule has 3 aromatic heterocycles. The first-order valence-electron chi connectivity index (χ1n) is 10.4. The molecule has 1 aliphatic carbocycles. The lowest BCUT2D eigenvalue weighted by atomic mass is 10.2. The van der Waals surface area contributed by atoms with E-state index in [1.54, 1.807) is 43.5 Å². The number of nitrogens with zero attached hydrogens (tertiary/aromatic N) is 3. The number of anilines is 1. The lowest BCUT2D eigenvalue weighted by molar-refractivity contribution is 0.182. The fraction of sp³-hybridized carbons (Fsp3) is 0.455. The van der Waals surface area contributed by atoms with Crippen molar-refractivity contribution in [3.63, 3.8) is 0 Å². The van der Waals surface area contributed by atoms with E-state index in [1.807, 2.05) is 0 Å². The van der Waals surface area contributed by atoms with E-state index >= 15 is 0 Å². The monoisotopic (exact) mass is 462 g/mol. The van der Waals surface area contributed by atoms with Crippen molar-refractivity contribution in [1.82, 2.24) is 14.4 Å². The molecule has 2 N–H and O–H groups in total. The van der Waals surface area contributed by atoms with Crippen molar-refractivity contribution in [2.45, 2.75) is 61.8 Å². The van der Waals surface area contributed by atoms with Gasteiger partial charge in [-0.2, -0.15) is 4.39 Å². The highest BCUT2D eigenvalue weighted by molar-refractivity contribution is 7.92. The van der Waals surface area contributed by atoms with Gasteiger partial charge in [-0.1, -0.05) is 0 Å². The van der Waals surface area contributed by atoms with Gasteiger partial charge in [0, 0.05) is 29.9 Å². The molecule has 10 heteroatoms. The minimum Gasteiger partial charge on any atom is -0.495 e. The third kappa shape index (κ3) is 4.04. The van der Waals surface area contributed by atoms with Crippen LogP contribution in [0.25, 0.3) is 16.9 Å². The van der Waals surface area contributed by atoms with E-state index in [0.717, 1.165) is 6.42 Å². The Labute approximate surface area is 186 Å². The number of fused-ring (bicyclic) bond motifs is 1. The van der Waals surface area contributed by atoms with Crippen LogP contribution in [0.3, 0.4) is 0 Å². The SMILES string of the molecule is COc1cc2ncc(-c3cc(F)nc(N[C@H]4CC[C@@H](O)C4)c3)n2cc1S(=O)(=O)C(C)(C)C. The number of ether oxygens (including phenoxy) is 1. The summed E-state index contributed by atoms with van der Waals surface area (Å²) >= 11 is 0. The van der Waals surface area contributed by atoms with E-state index in [0.29, 0.717) is 35.6 Å². The number of sulfone groups is 1. The second-order valence-electron chi connectivity index (χ2n) is 9.07. The van der Waals surface area contributed by atoms with Gasteiger partial charge in [0.15, 0.2) is 9.84 Å². The highest BCUT2D eigenvalue weighted by Crippen LogP contribution is 2.35. The Morgan fingerprint density at radius 1 is 1.25 bits per heavy atom. The second-order valence-corrected chi connectivity index (χ2v) is 11.7.